The zero-order valence-corrected chi connectivity index (χ0v) is 14.7. The first-order valence-corrected chi connectivity index (χ1v) is 8.90. The Balaban J connectivity index is 1.88. The second-order valence-corrected chi connectivity index (χ2v) is 7.40. The fourth-order valence-corrected chi connectivity index (χ4v) is 4.24. The van der Waals surface area contributed by atoms with E-state index in [1.54, 1.807) is 6.07 Å². The van der Waals surface area contributed by atoms with Crippen LogP contribution in [0, 0.1) is 5.82 Å². The van der Waals surface area contributed by atoms with Crippen molar-refractivity contribution in [3.63, 3.8) is 0 Å². The minimum absolute atomic E-state index is 0.0957. The molecule has 0 aliphatic carbocycles. The van der Waals surface area contributed by atoms with E-state index in [2.05, 4.69) is 43.0 Å². The maximum Gasteiger partial charge on any atom is 0.147 e. The maximum absolute atomic E-state index is 15.1. The predicted molar refractivity (Wildman–Crippen MR) is 100 cm³/mol. The van der Waals surface area contributed by atoms with Crippen molar-refractivity contribution < 1.29 is 4.39 Å². The second kappa shape index (κ2) is 5.51. The largest absolute Gasteiger partial charge is 0.368 e. The molecule has 0 N–H and O–H groups in total. The van der Waals surface area contributed by atoms with Crippen molar-refractivity contribution in [1.82, 2.24) is 0 Å². The second-order valence-electron chi connectivity index (χ2n) is 7.40. The van der Waals surface area contributed by atoms with Crippen LogP contribution in [0.2, 0.25) is 0 Å². The number of hydrogen-bond acceptors (Lipinski definition) is 2. The third-order valence-electron chi connectivity index (χ3n) is 5.79. The van der Waals surface area contributed by atoms with Crippen LogP contribution in [0.1, 0.15) is 44.2 Å². The van der Waals surface area contributed by atoms with Crippen molar-refractivity contribution >= 4 is 16.9 Å². The molecule has 24 heavy (non-hydrogen) atoms. The number of halogens is 1. The average molecular weight is 324 g/mol. The SMILES string of the molecule is C=C1CCN(c2c(F)cc3c4c2CCC(C)N4C=C(C)C3=C)CC1. The van der Waals surface area contributed by atoms with Gasteiger partial charge in [0, 0.05) is 36.5 Å². The number of allylic oxidation sites excluding steroid dienone is 2. The highest BCUT2D eigenvalue weighted by Gasteiger charge is 2.34. The molecule has 1 unspecified atom stereocenters. The Morgan fingerprint density at radius 2 is 1.83 bits per heavy atom. The summed E-state index contributed by atoms with van der Waals surface area (Å²) < 4.78 is 15.1. The Kier molecular flexibility index (Phi) is 3.56. The van der Waals surface area contributed by atoms with Crippen molar-refractivity contribution in [2.45, 2.75) is 45.6 Å². The van der Waals surface area contributed by atoms with Gasteiger partial charge in [-0.15, -0.1) is 0 Å². The van der Waals surface area contributed by atoms with Crippen molar-refractivity contribution in [2.24, 2.45) is 0 Å². The van der Waals surface area contributed by atoms with E-state index in [4.69, 9.17) is 0 Å². The van der Waals surface area contributed by atoms with E-state index in [-0.39, 0.29) is 5.82 Å². The predicted octanol–water partition coefficient (Wildman–Crippen LogP) is 5.05. The Bertz CT molecular complexity index is 765. The molecule has 0 aromatic heterocycles. The van der Waals surface area contributed by atoms with Crippen LogP contribution >= 0.6 is 0 Å². The molecule has 3 heterocycles. The smallest absolute Gasteiger partial charge is 0.147 e. The molecule has 1 aromatic rings. The van der Waals surface area contributed by atoms with E-state index in [0.717, 1.165) is 61.2 Å². The van der Waals surface area contributed by atoms with Crippen molar-refractivity contribution in [3.05, 3.63) is 53.5 Å². The Morgan fingerprint density at radius 1 is 1.12 bits per heavy atom. The fraction of sp³-hybridized carbons (Fsp3) is 0.429. The third kappa shape index (κ3) is 2.21. The lowest BCUT2D eigenvalue weighted by atomic mass is 9.85. The van der Waals surface area contributed by atoms with E-state index in [1.807, 2.05) is 0 Å². The van der Waals surface area contributed by atoms with Crippen LogP contribution in [0.4, 0.5) is 15.8 Å². The van der Waals surface area contributed by atoms with Crippen LogP contribution < -0.4 is 9.80 Å². The molecule has 1 aromatic carbocycles. The summed E-state index contributed by atoms with van der Waals surface area (Å²) in [4.78, 5) is 4.56. The molecule has 2 nitrogen and oxygen atoms in total. The van der Waals surface area contributed by atoms with E-state index in [0.29, 0.717) is 6.04 Å². The summed E-state index contributed by atoms with van der Waals surface area (Å²) in [5, 5.41) is 0. The van der Waals surface area contributed by atoms with Crippen LogP contribution in [0.3, 0.4) is 0 Å². The van der Waals surface area contributed by atoms with Crippen LogP contribution in [0.5, 0.6) is 0 Å². The molecule has 0 bridgehead atoms. The molecule has 1 atom stereocenters. The maximum atomic E-state index is 15.1. The van der Waals surface area contributed by atoms with E-state index in [1.165, 1.54) is 16.8 Å². The standard InChI is InChI=1S/C21H25FN2/c1-13-7-9-23(10-8-13)21-17-6-5-15(3)24-12-14(2)16(4)18(20(17)24)11-19(21)22/h11-12,15H,1,4-10H2,2-3H3. The molecule has 126 valence electrons. The Labute approximate surface area is 144 Å². The Morgan fingerprint density at radius 3 is 2.54 bits per heavy atom. The van der Waals surface area contributed by atoms with Crippen molar-refractivity contribution in [1.29, 1.82) is 0 Å². The average Bonchev–Trinajstić information content (AvgIpc) is 2.56. The number of nitrogens with zero attached hydrogens (tertiary/aromatic N) is 2. The highest BCUT2D eigenvalue weighted by atomic mass is 19.1. The number of benzene rings is 1. The summed E-state index contributed by atoms with van der Waals surface area (Å²) in [5.74, 6) is -0.0957. The molecule has 1 saturated heterocycles. The summed E-state index contributed by atoms with van der Waals surface area (Å²) in [6, 6.07) is 2.15. The van der Waals surface area contributed by atoms with Gasteiger partial charge in [-0.2, -0.15) is 0 Å². The van der Waals surface area contributed by atoms with Gasteiger partial charge in [-0.1, -0.05) is 18.7 Å². The lowest BCUT2D eigenvalue weighted by molar-refractivity contribution is 0.577. The fourth-order valence-electron chi connectivity index (χ4n) is 4.24. The molecule has 3 aliphatic heterocycles. The van der Waals surface area contributed by atoms with Gasteiger partial charge in [0.05, 0.1) is 11.4 Å². The number of anilines is 2. The zero-order valence-electron chi connectivity index (χ0n) is 14.7. The zero-order chi connectivity index (χ0) is 17.0. The first-order valence-electron chi connectivity index (χ1n) is 8.90. The van der Waals surface area contributed by atoms with E-state index in [9.17, 15) is 0 Å². The number of piperidine rings is 1. The molecule has 3 heteroatoms. The van der Waals surface area contributed by atoms with Gasteiger partial charge < -0.3 is 9.80 Å². The van der Waals surface area contributed by atoms with Gasteiger partial charge in [0.1, 0.15) is 5.82 Å². The first kappa shape index (κ1) is 15.5. The van der Waals surface area contributed by atoms with Gasteiger partial charge in [-0.05, 0) is 56.7 Å². The Hall–Kier alpha value is -2.03. The van der Waals surface area contributed by atoms with Gasteiger partial charge in [-0.3, -0.25) is 0 Å². The molecule has 0 spiro atoms. The molecular weight excluding hydrogens is 299 g/mol. The molecule has 1 fully saturated rings. The quantitative estimate of drug-likeness (QED) is 0.667. The van der Waals surface area contributed by atoms with Crippen LogP contribution in [-0.2, 0) is 6.42 Å². The van der Waals surface area contributed by atoms with Gasteiger partial charge in [0.2, 0.25) is 0 Å². The van der Waals surface area contributed by atoms with Gasteiger partial charge in [-0.25, -0.2) is 4.39 Å². The third-order valence-corrected chi connectivity index (χ3v) is 5.79. The summed E-state index contributed by atoms with van der Waals surface area (Å²) in [6.45, 7) is 14.3. The minimum Gasteiger partial charge on any atom is -0.368 e. The molecule has 0 amide bonds. The van der Waals surface area contributed by atoms with Crippen molar-refractivity contribution in [3.8, 4) is 0 Å². The van der Waals surface area contributed by atoms with E-state index >= 15 is 4.39 Å². The lowest BCUT2D eigenvalue weighted by Crippen LogP contribution is -2.38. The lowest BCUT2D eigenvalue weighted by Gasteiger charge is -2.42. The molecule has 3 aliphatic rings. The van der Waals surface area contributed by atoms with E-state index < -0.39 is 0 Å². The summed E-state index contributed by atoms with van der Waals surface area (Å²) in [7, 11) is 0. The highest BCUT2D eigenvalue weighted by Crippen LogP contribution is 2.47. The first-order chi connectivity index (χ1) is 11.5. The van der Waals surface area contributed by atoms with Crippen molar-refractivity contribution in [2.75, 3.05) is 22.9 Å². The monoisotopic (exact) mass is 324 g/mol. The molecule has 0 saturated carbocycles. The topological polar surface area (TPSA) is 6.48 Å². The van der Waals surface area contributed by atoms with Gasteiger partial charge in [0.25, 0.3) is 0 Å². The van der Waals surface area contributed by atoms with Crippen LogP contribution in [0.15, 0.2) is 36.6 Å². The molecule has 4 rings (SSSR count). The minimum atomic E-state index is -0.0957. The molecule has 0 radical (unpaired) electrons. The van der Waals surface area contributed by atoms with Gasteiger partial charge in [0.15, 0.2) is 0 Å². The summed E-state index contributed by atoms with van der Waals surface area (Å²) >= 11 is 0. The summed E-state index contributed by atoms with van der Waals surface area (Å²) in [6.07, 6.45) is 6.10. The van der Waals surface area contributed by atoms with Gasteiger partial charge >= 0.3 is 0 Å². The summed E-state index contributed by atoms with van der Waals surface area (Å²) in [5.41, 5.74) is 7.50. The highest BCUT2D eigenvalue weighted by molar-refractivity contribution is 5.92. The molecular formula is C21H25FN2. The van der Waals surface area contributed by atoms with Crippen LogP contribution in [0.25, 0.3) is 5.57 Å². The number of hydrogen-bond donors (Lipinski definition) is 0. The van der Waals surface area contributed by atoms with Crippen LogP contribution in [-0.4, -0.2) is 19.1 Å². The normalized spacial score (nSPS) is 23.3. The number of rotatable bonds is 1.